The minimum absolute atomic E-state index is 0.690. The SMILES string of the molecule is COCC1CCCN1C.COCCN(C)C. The molecule has 4 nitrogen and oxygen atoms in total. The average molecular weight is 232 g/mol. The quantitative estimate of drug-likeness (QED) is 0.704. The molecule has 0 spiro atoms. The van der Waals surface area contributed by atoms with Crippen LogP contribution in [0.1, 0.15) is 12.8 Å². The molecule has 0 N–H and O–H groups in total. The van der Waals surface area contributed by atoms with Crippen molar-refractivity contribution in [3.8, 4) is 0 Å². The Hall–Kier alpha value is -0.160. The average Bonchev–Trinajstić information content (AvgIpc) is 2.63. The fraction of sp³-hybridized carbons (Fsp3) is 1.00. The molecule has 1 rings (SSSR count). The summed E-state index contributed by atoms with van der Waals surface area (Å²) in [5.74, 6) is 0. The van der Waals surface area contributed by atoms with Crippen LogP contribution in [0.25, 0.3) is 0 Å². The fourth-order valence-corrected chi connectivity index (χ4v) is 1.66. The molecule has 1 aliphatic heterocycles. The summed E-state index contributed by atoms with van der Waals surface area (Å²) in [6.07, 6.45) is 2.65. The van der Waals surface area contributed by atoms with E-state index in [1.54, 1.807) is 14.2 Å². The van der Waals surface area contributed by atoms with Crippen LogP contribution in [0.5, 0.6) is 0 Å². The van der Waals surface area contributed by atoms with Crippen LogP contribution in [0, 0.1) is 0 Å². The van der Waals surface area contributed by atoms with E-state index >= 15 is 0 Å². The van der Waals surface area contributed by atoms with Crippen molar-refractivity contribution in [3.63, 3.8) is 0 Å². The monoisotopic (exact) mass is 232 g/mol. The highest BCUT2D eigenvalue weighted by Gasteiger charge is 2.19. The largest absolute Gasteiger partial charge is 0.383 e. The van der Waals surface area contributed by atoms with Crippen molar-refractivity contribution in [1.29, 1.82) is 0 Å². The van der Waals surface area contributed by atoms with Crippen LogP contribution < -0.4 is 0 Å². The van der Waals surface area contributed by atoms with Crippen molar-refractivity contribution in [2.75, 3.05) is 61.7 Å². The summed E-state index contributed by atoms with van der Waals surface area (Å²) in [4.78, 5) is 4.45. The molecule has 4 heteroatoms. The van der Waals surface area contributed by atoms with E-state index < -0.39 is 0 Å². The van der Waals surface area contributed by atoms with Gasteiger partial charge < -0.3 is 19.3 Å². The highest BCUT2D eigenvalue weighted by Crippen LogP contribution is 2.13. The van der Waals surface area contributed by atoms with Gasteiger partial charge in [-0.2, -0.15) is 0 Å². The van der Waals surface area contributed by atoms with Gasteiger partial charge in [0.1, 0.15) is 0 Å². The van der Waals surface area contributed by atoms with E-state index in [0.29, 0.717) is 6.04 Å². The first-order valence-corrected chi connectivity index (χ1v) is 5.94. The second kappa shape index (κ2) is 10.0. The number of rotatable bonds is 5. The van der Waals surface area contributed by atoms with Crippen molar-refractivity contribution < 1.29 is 9.47 Å². The Bertz CT molecular complexity index is 154. The fourth-order valence-electron chi connectivity index (χ4n) is 1.66. The molecule has 1 saturated heterocycles. The van der Waals surface area contributed by atoms with Gasteiger partial charge in [-0.15, -0.1) is 0 Å². The number of ether oxygens (including phenoxy) is 2. The van der Waals surface area contributed by atoms with Crippen molar-refractivity contribution in [1.82, 2.24) is 9.80 Å². The Balaban J connectivity index is 0.000000293. The van der Waals surface area contributed by atoms with Gasteiger partial charge in [0.2, 0.25) is 0 Å². The first kappa shape index (κ1) is 15.8. The van der Waals surface area contributed by atoms with Gasteiger partial charge in [0.15, 0.2) is 0 Å². The lowest BCUT2D eigenvalue weighted by Crippen LogP contribution is -2.28. The van der Waals surface area contributed by atoms with Crippen LogP contribution >= 0.6 is 0 Å². The lowest BCUT2D eigenvalue weighted by Gasteiger charge is -2.17. The van der Waals surface area contributed by atoms with Crippen molar-refractivity contribution in [2.45, 2.75) is 18.9 Å². The third kappa shape index (κ3) is 8.05. The molecule has 0 bridgehead atoms. The van der Waals surface area contributed by atoms with Gasteiger partial charge in [0.05, 0.1) is 13.2 Å². The van der Waals surface area contributed by atoms with Crippen LogP contribution in [0.15, 0.2) is 0 Å². The summed E-state index contributed by atoms with van der Waals surface area (Å²) in [6.45, 7) is 3.98. The molecule has 0 aromatic rings. The molecule has 16 heavy (non-hydrogen) atoms. The summed E-state index contributed by atoms with van der Waals surface area (Å²) in [6, 6.07) is 0.690. The Morgan fingerprint density at radius 1 is 1.25 bits per heavy atom. The van der Waals surface area contributed by atoms with Gasteiger partial charge in [-0.25, -0.2) is 0 Å². The highest BCUT2D eigenvalue weighted by atomic mass is 16.5. The van der Waals surface area contributed by atoms with Crippen LogP contribution in [0.2, 0.25) is 0 Å². The smallest absolute Gasteiger partial charge is 0.0617 e. The third-order valence-electron chi connectivity index (χ3n) is 2.77. The van der Waals surface area contributed by atoms with Crippen molar-refractivity contribution in [3.05, 3.63) is 0 Å². The molecule has 1 fully saturated rings. The number of likely N-dealkylation sites (tertiary alicyclic amines) is 1. The Kier molecular flexibility index (Phi) is 9.92. The summed E-state index contributed by atoms with van der Waals surface area (Å²) < 4.78 is 9.87. The zero-order chi connectivity index (χ0) is 12.4. The van der Waals surface area contributed by atoms with Gasteiger partial charge >= 0.3 is 0 Å². The maximum absolute atomic E-state index is 5.05. The normalized spacial score (nSPS) is 21.0. The molecular weight excluding hydrogens is 204 g/mol. The molecule has 0 radical (unpaired) electrons. The molecule has 98 valence electrons. The van der Waals surface area contributed by atoms with Crippen molar-refractivity contribution in [2.24, 2.45) is 0 Å². The topological polar surface area (TPSA) is 24.9 Å². The first-order valence-electron chi connectivity index (χ1n) is 5.94. The molecule has 1 unspecified atom stereocenters. The van der Waals surface area contributed by atoms with E-state index in [1.165, 1.54) is 19.4 Å². The predicted octanol–water partition coefficient (Wildman–Crippen LogP) is 0.921. The summed E-state index contributed by atoms with van der Waals surface area (Å²) in [5.41, 5.74) is 0. The second-order valence-electron chi connectivity index (χ2n) is 4.53. The third-order valence-corrected chi connectivity index (χ3v) is 2.77. The molecule has 0 aromatic heterocycles. The van der Waals surface area contributed by atoms with Gasteiger partial charge in [0, 0.05) is 26.8 Å². The molecular formula is C12H28N2O2. The highest BCUT2D eigenvalue weighted by molar-refractivity contribution is 4.75. The van der Waals surface area contributed by atoms with Crippen molar-refractivity contribution >= 4 is 0 Å². The Morgan fingerprint density at radius 3 is 2.25 bits per heavy atom. The number of likely N-dealkylation sites (N-methyl/N-ethyl adjacent to an activating group) is 2. The Labute approximate surface area is 101 Å². The van der Waals surface area contributed by atoms with Gasteiger partial charge in [-0.1, -0.05) is 0 Å². The molecule has 0 aliphatic carbocycles. The molecule has 1 atom stereocenters. The van der Waals surface area contributed by atoms with Gasteiger partial charge in [0.25, 0.3) is 0 Å². The lowest BCUT2D eigenvalue weighted by molar-refractivity contribution is 0.129. The number of hydrogen-bond acceptors (Lipinski definition) is 4. The van der Waals surface area contributed by atoms with Gasteiger partial charge in [-0.3, -0.25) is 0 Å². The standard InChI is InChI=1S/C7H15NO.C5H13NO/c1-8-5-3-4-7(8)6-9-2;1-6(2)4-5-7-3/h7H,3-6H2,1-2H3;4-5H2,1-3H3. The maximum atomic E-state index is 5.05. The molecule has 0 saturated carbocycles. The van der Waals surface area contributed by atoms with Crippen LogP contribution in [-0.2, 0) is 9.47 Å². The minimum atomic E-state index is 0.690. The zero-order valence-electron chi connectivity index (χ0n) is 11.5. The van der Waals surface area contributed by atoms with E-state index in [0.717, 1.165) is 19.8 Å². The maximum Gasteiger partial charge on any atom is 0.0617 e. The first-order chi connectivity index (χ1) is 7.61. The number of methoxy groups -OCH3 is 2. The Morgan fingerprint density at radius 2 is 1.94 bits per heavy atom. The molecule has 1 heterocycles. The zero-order valence-corrected chi connectivity index (χ0v) is 11.5. The molecule has 1 aliphatic rings. The summed E-state index contributed by atoms with van der Waals surface area (Å²) in [7, 11) is 9.70. The van der Waals surface area contributed by atoms with E-state index in [4.69, 9.17) is 9.47 Å². The lowest BCUT2D eigenvalue weighted by atomic mass is 10.2. The predicted molar refractivity (Wildman–Crippen MR) is 68.0 cm³/mol. The van der Waals surface area contributed by atoms with Gasteiger partial charge in [-0.05, 0) is 40.5 Å². The number of nitrogens with zero attached hydrogens (tertiary/aromatic N) is 2. The molecule has 0 amide bonds. The van der Waals surface area contributed by atoms with E-state index in [-0.39, 0.29) is 0 Å². The summed E-state index contributed by atoms with van der Waals surface area (Å²) in [5, 5.41) is 0. The van der Waals surface area contributed by atoms with Crippen LogP contribution in [0.3, 0.4) is 0 Å². The van der Waals surface area contributed by atoms with Crippen LogP contribution in [0.4, 0.5) is 0 Å². The molecule has 0 aromatic carbocycles. The second-order valence-corrected chi connectivity index (χ2v) is 4.53. The van der Waals surface area contributed by atoms with E-state index in [9.17, 15) is 0 Å². The summed E-state index contributed by atoms with van der Waals surface area (Å²) >= 11 is 0. The van der Waals surface area contributed by atoms with E-state index in [1.807, 2.05) is 14.1 Å². The van der Waals surface area contributed by atoms with Crippen LogP contribution in [-0.4, -0.2) is 77.5 Å². The van der Waals surface area contributed by atoms with E-state index in [2.05, 4.69) is 16.8 Å². The minimum Gasteiger partial charge on any atom is -0.383 e. The number of hydrogen-bond donors (Lipinski definition) is 0.